The van der Waals surface area contributed by atoms with Crippen molar-refractivity contribution in [1.82, 2.24) is 19.5 Å². The number of aromatic nitrogens is 4. The van der Waals surface area contributed by atoms with Gasteiger partial charge in [-0.05, 0) is 48.0 Å². The van der Waals surface area contributed by atoms with Crippen LogP contribution >= 0.6 is 11.3 Å². The van der Waals surface area contributed by atoms with Crippen molar-refractivity contribution in [2.24, 2.45) is 0 Å². The maximum atomic E-state index is 6.82. The largest absolute Gasteiger partial charge is 0.455 e. The zero-order chi connectivity index (χ0) is 37.5. The van der Waals surface area contributed by atoms with E-state index in [1.165, 1.54) is 42.0 Å². The highest BCUT2D eigenvalue weighted by Crippen LogP contribution is 2.45. The minimum atomic E-state index is 0.596. The van der Waals surface area contributed by atoms with E-state index in [4.69, 9.17) is 19.4 Å². The molecule has 0 saturated heterocycles. The molecule has 4 aromatic heterocycles. The van der Waals surface area contributed by atoms with Gasteiger partial charge in [-0.25, -0.2) is 15.0 Å². The molecule has 57 heavy (non-hydrogen) atoms. The topological polar surface area (TPSA) is 56.7 Å². The normalized spacial score (nSPS) is 11.9. The summed E-state index contributed by atoms with van der Waals surface area (Å²) in [6, 6.07) is 63.7. The number of hydrogen-bond donors (Lipinski definition) is 0. The summed E-state index contributed by atoms with van der Waals surface area (Å²) in [4.78, 5) is 14.8. The van der Waals surface area contributed by atoms with Crippen LogP contribution in [0.1, 0.15) is 0 Å². The van der Waals surface area contributed by atoms with Gasteiger partial charge < -0.3 is 8.98 Å². The Labute approximate surface area is 330 Å². The first kappa shape index (κ1) is 31.9. The van der Waals surface area contributed by atoms with Gasteiger partial charge in [-0.15, -0.1) is 11.3 Å². The molecule has 0 N–H and O–H groups in total. The van der Waals surface area contributed by atoms with Crippen molar-refractivity contribution in [3.8, 4) is 51.0 Å². The van der Waals surface area contributed by atoms with Crippen molar-refractivity contribution < 1.29 is 4.42 Å². The zero-order valence-corrected chi connectivity index (χ0v) is 31.2. The molecular formula is C51H30N4OS. The molecule has 12 rings (SSSR count). The van der Waals surface area contributed by atoms with E-state index in [0.717, 1.165) is 55.4 Å². The first-order valence-electron chi connectivity index (χ1n) is 19.0. The number of thiophene rings is 1. The van der Waals surface area contributed by atoms with Gasteiger partial charge in [-0.1, -0.05) is 140 Å². The lowest BCUT2D eigenvalue weighted by Gasteiger charge is -2.09. The summed E-state index contributed by atoms with van der Waals surface area (Å²) >= 11 is 1.87. The molecule has 0 unspecified atom stereocenters. The average Bonchev–Trinajstić information content (AvgIpc) is 3.96. The molecule has 0 atom stereocenters. The number of benzene rings is 8. The van der Waals surface area contributed by atoms with Crippen LogP contribution in [0.2, 0.25) is 0 Å². The van der Waals surface area contributed by atoms with E-state index in [1.807, 2.05) is 72.0 Å². The fourth-order valence-electron chi connectivity index (χ4n) is 8.40. The second-order valence-corrected chi connectivity index (χ2v) is 15.4. The smallest absolute Gasteiger partial charge is 0.164 e. The van der Waals surface area contributed by atoms with E-state index in [9.17, 15) is 0 Å². The van der Waals surface area contributed by atoms with E-state index in [2.05, 4.69) is 126 Å². The third-order valence-electron chi connectivity index (χ3n) is 11.1. The highest BCUT2D eigenvalue weighted by Gasteiger charge is 2.20. The van der Waals surface area contributed by atoms with Gasteiger partial charge in [-0.3, -0.25) is 0 Å². The van der Waals surface area contributed by atoms with E-state index in [0.29, 0.717) is 17.5 Å². The third-order valence-corrected chi connectivity index (χ3v) is 12.2. The summed E-state index contributed by atoms with van der Waals surface area (Å²) in [6.45, 7) is 0. The SMILES string of the molecule is c1ccc(-c2nc(-c3ccccc3)nc(-c3ccc4c(c3)oc3c(-c5ccc6c(c5)c5ccc7c8ccccc8sc7c5n6-c5ccccc5)cccc34)n2)cc1. The van der Waals surface area contributed by atoms with Gasteiger partial charge in [0.15, 0.2) is 17.5 Å². The minimum Gasteiger partial charge on any atom is -0.455 e. The molecule has 4 heterocycles. The quantitative estimate of drug-likeness (QED) is 0.176. The van der Waals surface area contributed by atoms with Crippen LogP contribution in [-0.2, 0) is 0 Å². The van der Waals surface area contributed by atoms with Crippen LogP contribution in [0.15, 0.2) is 186 Å². The lowest BCUT2D eigenvalue weighted by molar-refractivity contribution is 0.670. The highest BCUT2D eigenvalue weighted by atomic mass is 32.1. The fraction of sp³-hybridized carbons (Fsp3) is 0. The van der Waals surface area contributed by atoms with Crippen molar-refractivity contribution in [3.63, 3.8) is 0 Å². The van der Waals surface area contributed by atoms with Crippen molar-refractivity contribution in [2.75, 3.05) is 0 Å². The van der Waals surface area contributed by atoms with E-state index in [1.54, 1.807) is 0 Å². The average molecular weight is 747 g/mol. The first-order chi connectivity index (χ1) is 28.2. The van der Waals surface area contributed by atoms with Crippen LogP contribution in [0.4, 0.5) is 0 Å². The lowest BCUT2D eigenvalue weighted by Crippen LogP contribution is -2.00. The van der Waals surface area contributed by atoms with Crippen LogP contribution in [0, 0.1) is 0 Å². The predicted octanol–water partition coefficient (Wildman–Crippen LogP) is 13.9. The Morgan fingerprint density at radius 3 is 1.79 bits per heavy atom. The maximum absolute atomic E-state index is 6.82. The Bertz CT molecular complexity index is 3460. The Kier molecular flexibility index (Phi) is 7.03. The summed E-state index contributed by atoms with van der Waals surface area (Å²) in [5.74, 6) is 1.85. The lowest BCUT2D eigenvalue weighted by atomic mass is 10.00. The molecule has 0 radical (unpaired) electrons. The molecule has 0 fully saturated rings. The van der Waals surface area contributed by atoms with E-state index >= 15 is 0 Å². The Balaban J connectivity index is 1.03. The molecule has 5 nitrogen and oxygen atoms in total. The van der Waals surface area contributed by atoms with Crippen LogP contribution in [0.25, 0.3) is 115 Å². The molecule has 0 aliphatic rings. The summed E-state index contributed by atoms with van der Waals surface area (Å²) in [5, 5.41) is 7.15. The molecule has 0 aliphatic heterocycles. The molecule has 266 valence electrons. The number of hydrogen-bond acceptors (Lipinski definition) is 5. The maximum Gasteiger partial charge on any atom is 0.164 e. The summed E-state index contributed by atoms with van der Waals surface area (Å²) in [7, 11) is 0. The van der Waals surface area contributed by atoms with Crippen molar-refractivity contribution in [1.29, 1.82) is 0 Å². The molecule has 6 heteroatoms. The van der Waals surface area contributed by atoms with Gasteiger partial charge in [0.2, 0.25) is 0 Å². The molecule has 12 aromatic rings. The van der Waals surface area contributed by atoms with Crippen molar-refractivity contribution in [3.05, 3.63) is 182 Å². The zero-order valence-electron chi connectivity index (χ0n) is 30.4. The van der Waals surface area contributed by atoms with Gasteiger partial charge in [0.05, 0.1) is 15.7 Å². The summed E-state index contributed by atoms with van der Waals surface area (Å²) < 4.78 is 11.9. The van der Waals surface area contributed by atoms with Gasteiger partial charge in [0.25, 0.3) is 0 Å². The molecule has 0 bridgehead atoms. The minimum absolute atomic E-state index is 0.596. The fourth-order valence-corrected chi connectivity index (χ4v) is 9.64. The van der Waals surface area contributed by atoms with Gasteiger partial charge in [0, 0.05) is 65.0 Å². The summed E-state index contributed by atoms with van der Waals surface area (Å²) in [6.07, 6.45) is 0. The van der Waals surface area contributed by atoms with Gasteiger partial charge in [-0.2, -0.15) is 0 Å². The van der Waals surface area contributed by atoms with E-state index in [-0.39, 0.29) is 0 Å². The first-order valence-corrected chi connectivity index (χ1v) is 19.8. The monoisotopic (exact) mass is 746 g/mol. The van der Waals surface area contributed by atoms with Gasteiger partial charge >= 0.3 is 0 Å². The highest BCUT2D eigenvalue weighted by molar-refractivity contribution is 7.26. The summed E-state index contributed by atoms with van der Waals surface area (Å²) in [5.41, 5.74) is 10.1. The molecular weight excluding hydrogens is 717 g/mol. The second kappa shape index (κ2) is 12.6. The van der Waals surface area contributed by atoms with Crippen molar-refractivity contribution >= 4 is 75.3 Å². The number of nitrogens with zero attached hydrogens (tertiary/aromatic N) is 4. The molecule has 0 amide bonds. The Morgan fingerprint density at radius 1 is 0.421 bits per heavy atom. The van der Waals surface area contributed by atoms with Crippen LogP contribution in [0.5, 0.6) is 0 Å². The Morgan fingerprint density at radius 2 is 1.04 bits per heavy atom. The number of furan rings is 1. The standard InChI is InChI=1S/C51H30N4OS/c1-4-13-31(14-5-1)49-52-50(32-15-6-2-7-16-32)54-51(53-49)34-23-25-37-40-21-12-20-36(47(40)56-44(37)30-34)33-24-28-43-42(29-33)39-26-27-41-38-19-10-11-22-45(38)57-48(41)46(39)55(43)35-17-8-3-9-18-35/h1-30H. The third kappa shape index (κ3) is 5.04. The van der Waals surface area contributed by atoms with E-state index < -0.39 is 0 Å². The molecule has 8 aromatic carbocycles. The van der Waals surface area contributed by atoms with Gasteiger partial charge in [0.1, 0.15) is 11.2 Å². The number of fused-ring (bicyclic) bond motifs is 10. The van der Waals surface area contributed by atoms with Crippen LogP contribution < -0.4 is 0 Å². The molecule has 0 spiro atoms. The van der Waals surface area contributed by atoms with Crippen LogP contribution in [-0.4, -0.2) is 19.5 Å². The molecule has 0 saturated carbocycles. The molecule has 0 aliphatic carbocycles. The predicted molar refractivity (Wildman–Crippen MR) is 236 cm³/mol. The van der Waals surface area contributed by atoms with Crippen molar-refractivity contribution in [2.45, 2.75) is 0 Å². The Hall–Kier alpha value is -7.41. The number of rotatable bonds is 5. The number of para-hydroxylation sites is 2. The second-order valence-electron chi connectivity index (χ2n) is 14.4. The van der Waals surface area contributed by atoms with Crippen LogP contribution in [0.3, 0.4) is 0 Å².